The largest absolute Gasteiger partial charge is 0.492 e. The van der Waals surface area contributed by atoms with Crippen LogP contribution >= 0.6 is 55.9 Å². The van der Waals surface area contributed by atoms with Crippen molar-refractivity contribution in [2.24, 2.45) is 5.92 Å². The molecule has 2 aliphatic carbocycles. The number of halogens is 1. The molecular weight excluding hydrogens is 1950 g/mol. The van der Waals surface area contributed by atoms with E-state index in [0.29, 0.717) is 115 Å². The van der Waals surface area contributed by atoms with Gasteiger partial charge >= 0.3 is 0 Å². The van der Waals surface area contributed by atoms with Crippen molar-refractivity contribution >= 4 is 108 Å². The minimum Gasteiger partial charge on any atom is -0.492 e. The molecule has 0 spiro atoms. The van der Waals surface area contributed by atoms with Crippen LogP contribution in [-0.2, 0) is 114 Å². The second-order valence-corrected chi connectivity index (χ2v) is 38.0. The van der Waals surface area contributed by atoms with E-state index in [0.717, 1.165) is 16.7 Å². The number of ketones is 1. The number of benzene rings is 1. The van der Waals surface area contributed by atoms with Crippen LogP contribution in [0.2, 0.25) is 0 Å². The molecule has 41 nitrogen and oxygen atoms in total. The quantitative estimate of drug-likeness (QED) is 0.0109. The summed E-state index contributed by atoms with van der Waals surface area (Å²) < 4.78 is 106. The molecule has 4 saturated heterocycles. The summed E-state index contributed by atoms with van der Waals surface area (Å²) in [6, 6.07) is -1.73. The number of fused-ring (bicyclic) bond motifs is 2. The normalized spacial score (nSPS) is 27.3. The number of rotatable bonds is 58. The standard InChI is InChI=1S/C90H132IN7O34S3/c1-13-97(58(7)101)61-52-125-71(49-65(61)114-10)130-83-80(111)76(96-132-72-48-62(102)85(56(5)126-72)134-86(112)73-53(2)75(91)82(84(116-12)81(73)115-11)131-87-79(110)59(51-99)78(109)55(4)128-87)54(3)127-88(83)129-64-18-16-14-15-17-25-90(113)50-63(103)77(95-57(6)100)74(64)60(90)24-47-133-135-89(8,9)26-21-66(104)92-27-28-93-68(106)23-31-117-33-35-119-37-39-121-41-43-123-45-46-124-44-42-122-40-38-120-36-34-118-32-29-94-67(105)22-30-98-69(107)19-20-70(98)108/h14-15,19-20,24,54-56,59,61-62,64-65,71-72,76,78-80,83,85,87-88,96,99,102,109-111,113H,13,21-23,26-52H2,1-12H3,(H,92,104)(H,93,106)(H,94,105)(H,95,100)/b15-14-,60-24?/t54-,55+,56-,59-,61+,62+,64+,65+,71+,72+,76-,78+,79-,80+,83-,85-,87+,88+,90?/m1/s1. The highest BCUT2D eigenvalue weighted by Crippen LogP contribution is 2.50. The van der Waals surface area contributed by atoms with E-state index in [1.807, 2.05) is 43.4 Å². The van der Waals surface area contributed by atoms with Gasteiger partial charge in [-0.2, -0.15) is 5.48 Å². The Morgan fingerprint density at radius 2 is 1.25 bits per heavy atom. The minimum absolute atomic E-state index is 0.0164. The number of allylic oxidation sites excluding steroid dienone is 3. The summed E-state index contributed by atoms with van der Waals surface area (Å²) in [4.78, 5) is 125. The van der Waals surface area contributed by atoms with Crippen molar-refractivity contribution in [1.29, 1.82) is 0 Å². The minimum atomic E-state index is -2.19. The van der Waals surface area contributed by atoms with Gasteiger partial charge in [0.15, 0.2) is 41.8 Å². The monoisotopic (exact) mass is 2080 g/mol. The second-order valence-electron chi connectivity index (χ2n) is 32.7. The number of methoxy groups -OCH3 is 3. The zero-order valence-electron chi connectivity index (χ0n) is 78.3. The molecule has 5 heterocycles. The molecule has 0 aromatic heterocycles. The van der Waals surface area contributed by atoms with E-state index in [1.165, 1.54) is 81.1 Å². The Balaban J connectivity index is 0.766. The van der Waals surface area contributed by atoms with Crippen LogP contribution in [0.25, 0.3) is 0 Å². The lowest BCUT2D eigenvalue weighted by molar-refractivity contribution is -0.337. The lowest BCUT2D eigenvalue weighted by atomic mass is 9.75. The summed E-state index contributed by atoms with van der Waals surface area (Å²) in [6.45, 7) is 20.8. The third kappa shape index (κ3) is 35.0. The number of hydrogen-bond donors (Lipinski definition) is 11. The Labute approximate surface area is 812 Å². The van der Waals surface area contributed by atoms with E-state index in [2.05, 4.69) is 50.4 Å². The van der Waals surface area contributed by atoms with Crippen LogP contribution in [-0.4, -0.2) is 385 Å². The average Bonchev–Trinajstić information content (AvgIpc) is 1.10. The summed E-state index contributed by atoms with van der Waals surface area (Å²) in [6.07, 6.45) is -10.7. The number of ether oxygens (including phenoxy) is 18. The topological polar surface area (TPSA) is 517 Å². The predicted molar refractivity (Wildman–Crippen MR) is 498 cm³/mol. The van der Waals surface area contributed by atoms with Gasteiger partial charge in [0, 0.05) is 126 Å². The van der Waals surface area contributed by atoms with Gasteiger partial charge in [-0.3, -0.25) is 52.9 Å². The fourth-order valence-electron chi connectivity index (χ4n) is 15.3. The van der Waals surface area contributed by atoms with E-state index >= 15 is 0 Å². The number of hydrogen-bond acceptors (Lipinski definition) is 38. The number of carbonyl (C=O) groups excluding carboxylic acids is 9. The van der Waals surface area contributed by atoms with Gasteiger partial charge in [0.1, 0.15) is 24.4 Å². The number of nitrogens with zero attached hydrogens (tertiary/aromatic N) is 2. The average molecular weight is 2080 g/mol. The van der Waals surface area contributed by atoms with E-state index in [-0.39, 0.29) is 147 Å². The van der Waals surface area contributed by atoms with E-state index in [4.69, 9.17) is 90.1 Å². The van der Waals surface area contributed by atoms with Crippen LogP contribution in [0.15, 0.2) is 47.2 Å². The Hall–Kier alpha value is -6.61. The fourth-order valence-corrected chi connectivity index (χ4v) is 19.5. The molecule has 0 radical (unpaired) electrons. The van der Waals surface area contributed by atoms with E-state index in [9.17, 15) is 73.8 Å². The number of Topliss-reactive ketones (excluding diaryl/α,β-unsaturated/α-hetero) is 1. The molecule has 0 saturated carbocycles. The third-order valence-electron chi connectivity index (χ3n) is 22.4. The molecule has 2 bridgehead atoms. The van der Waals surface area contributed by atoms with Gasteiger partial charge in [-0.05, 0) is 95.2 Å². The molecule has 135 heavy (non-hydrogen) atoms. The number of thioether (sulfide) groups is 1. The maximum atomic E-state index is 14.6. The third-order valence-corrected chi connectivity index (χ3v) is 28.3. The van der Waals surface area contributed by atoms with Crippen LogP contribution < -0.4 is 41.0 Å². The highest BCUT2D eigenvalue weighted by Gasteiger charge is 2.53. The molecule has 8 rings (SSSR count). The number of imide groups is 1. The molecule has 7 amide bonds. The molecule has 11 N–H and O–H groups in total. The van der Waals surface area contributed by atoms with Crippen molar-refractivity contribution in [2.45, 2.75) is 221 Å². The van der Waals surface area contributed by atoms with Crippen molar-refractivity contribution < 1.29 is 164 Å². The summed E-state index contributed by atoms with van der Waals surface area (Å²) in [7, 11) is 6.99. The maximum absolute atomic E-state index is 14.6. The first-order valence-electron chi connectivity index (χ1n) is 44.9. The van der Waals surface area contributed by atoms with Crippen molar-refractivity contribution in [3.05, 3.63) is 61.9 Å². The molecule has 5 aliphatic heterocycles. The Morgan fingerprint density at radius 3 is 1.82 bits per heavy atom. The van der Waals surface area contributed by atoms with Crippen molar-refractivity contribution in [3.8, 4) is 40.9 Å². The van der Waals surface area contributed by atoms with Crippen molar-refractivity contribution in [2.75, 3.05) is 179 Å². The summed E-state index contributed by atoms with van der Waals surface area (Å²) >= 11 is 2.75. The Kier molecular flexibility index (Phi) is 49.3. The van der Waals surface area contributed by atoms with Crippen LogP contribution in [0.3, 0.4) is 0 Å². The molecule has 756 valence electrons. The Bertz CT molecular complexity index is 4290. The van der Waals surface area contributed by atoms with Gasteiger partial charge in [-0.1, -0.05) is 63.1 Å². The second kappa shape index (κ2) is 58.6. The number of nitrogens with one attached hydrogen (secondary N) is 5. The van der Waals surface area contributed by atoms with E-state index < -0.39 is 161 Å². The summed E-state index contributed by atoms with van der Waals surface area (Å²) in [5.74, 6) is 7.59. The number of amides is 7. The lowest BCUT2D eigenvalue weighted by Gasteiger charge is -2.47. The lowest BCUT2D eigenvalue weighted by Crippen LogP contribution is -2.65. The number of aliphatic hydroxyl groups excluding tert-OH is 5. The SMILES string of the molecule is CCN(C(C)=O)[C@H]1CO[C@@H](O[C@H]2[C@H](O[C@H]3C#C/C=C\C#CC4(O)CC(=O)C(NC(C)=O)=C3C4=CCSSC(C)(C)CCC(=O)NCCNC(=O)CCOCCOCCOCCOCCOCCOCCOCCOCCNC(=O)CCN3C(=O)C=CC3=O)O[C@H](C)[C@@H](NO[C@H]3C[C@H](O)[C@H](SC(=O)c4c(C)c(I)c(O[C@@H]5O[C@@H](C)[C@H](O)[C@@H](CO)[C@H]5O)c(OC)c4OC)[C@@H](C)O3)[C@@H]2O)C[C@@H]1OC. The molecule has 19 atom stereocenters. The van der Waals surface area contributed by atoms with Crippen molar-refractivity contribution in [3.63, 3.8) is 0 Å². The van der Waals surface area contributed by atoms with Gasteiger partial charge in [-0.25, -0.2) is 0 Å². The first-order valence-corrected chi connectivity index (χ1v) is 49.2. The Morgan fingerprint density at radius 1 is 0.681 bits per heavy atom. The molecule has 1 aromatic rings. The van der Waals surface area contributed by atoms with Gasteiger partial charge in [-0.15, -0.1) is 0 Å². The number of carbonyl (C=O) groups is 9. The first-order chi connectivity index (χ1) is 64.7. The number of likely N-dealkylation sites (N-methyl/N-ethyl adjacent to an activating group) is 1. The highest BCUT2D eigenvalue weighted by molar-refractivity contribution is 14.1. The number of hydroxylamine groups is 1. The van der Waals surface area contributed by atoms with Crippen LogP contribution in [0.1, 0.15) is 116 Å². The van der Waals surface area contributed by atoms with Gasteiger partial charge < -0.3 is 142 Å². The first kappa shape index (κ1) is 114. The fraction of sp³-hybridized carbons (Fsp3) is 0.700. The molecular formula is C90H132IN7O34S3. The number of aliphatic hydroxyl groups is 6. The predicted octanol–water partition coefficient (Wildman–Crippen LogP) is 1.30. The molecule has 4 fully saturated rings. The summed E-state index contributed by atoms with van der Waals surface area (Å²) in [5, 5.41) is 78.7. The van der Waals surface area contributed by atoms with Crippen molar-refractivity contribution in [1.82, 2.24) is 36.5 Å². The van der Waals surface area contributed by atoms with Gasteiger partial charge in [0.2, 0.25) is 46.7 Å². The van der Waals surface area contributed by atoms with Gasteiger partial charge in [0.05, 0.1) is 208 Å². The molecule has 7 aliphatic rings. The molecule has 45 heteroatoms. The molecule has 1 aromatic carbocycles. The van der Waals surface area contributed by atoms with E-state index in [1.54, 1.807) is 38.7 Å². The van der Waals surface area contributed by atoms with Crippen LogP contribution in [0, 0.1) is 40.1 Å². The van der Waals surface area contributed by atoms with Gasteiger partial charge in [0.25, 0.3) is 11.8 Å². The smallest absolute Gasteiger partial charge is 0.253 e. The maximum Gasteiger partial charge on any atom is 0.253 e. The summed E-state index contributed by atoms with van der Waals surface area (Å²) in [5.41, 5.74) is 0.928. The highest BCUT2D eigenvalue weighted by atomic mass is 127. The zero-order valence-corrected chi connectivity index (χ0v) is 82.9. The molecule has 1 unspecified atom stereocenters. The van der Waals surface area contributed by atoms with Crippen LogP contribution in [0.4, 0.5) is 0 Å². The zero-order chi connectivity index (χ0) is 98.3. The van der Waals surface area contributed by atoms with Crippen LogP contribution in [0.5, 0.6) is 17.2 Å².